The van der Waals surface area contributed by atoms with E-state index >= 15 is 0 Å². The molecule has 0 radical (unpaired) electrons. The quantitative estimate of drug-likeness (QED) is 0.725. The Morgan fingerprint density at radius 2 is 2.18 bits per heavy atom. The van der Waals surface area contributed by atoms with E-state index in [2.05, 4.69) is 0 Å². The number of phenols is 1. The van der Waals surface area contributed by atoms with Gasteiger partial charge in [-0.25, -0.2) is 0 Å². The average Bonchev–Trinajstić information content (AvgIpc) is 2.28. The largest absolute Gasteiger partial charge is 0.504 e. The lowest BCUT2D eigenvalue weighted by atomic mass is 9.96. The molecule has 0 aliphatic carbocycles. The first kappa shape index (κ1) is 13.3. The highest BCUT2D eigenvalue weighted by Gasteiger charge is 2.18. The number of phenolic OH excluding ortho intramolecular Hbond substituents is 1. The van der Waals surface area contributed by atoms with Crippen LogP contribution in [0.4, 0.5) is 0 Å². The van der Waals surface area contributed by atoms with Gasteiger partial charge >= 0.3 is 5.97 Å². The highest BCUT2D eigenvalue weighted by Crippen LogP contribution is 2.36. The van der Waals surface area contributed by atoms with Crippen molar-refractivity contribution in [2.45, 2.75) is 25.8 Å². The highest BCUT2D eigenvalue weighted by molar-refractivity contribution is 5.66. The molecule has 0 aromatic heterocycles. The molecule has 1 aromatic carbocycles. The molecule has 0 saturated heterocycles. The molecule has 5 heteroatoms. The maximum atomic E-state index is 10.5. The minimum Gasteiger partial charge on any atom is -0.504 e. The van der Waals surface area contributed by atoms with E-state index in [9.17, 15) is 9.90 Å². The number of methoxy groups -OCH3 is 1. The minimum atomic E-state index is -0.891. The van der Waals surface area contributed by atoms with Crippen LogP contribution in [0.2, 0.25) is 0 Å². The van der Waals surface area contributed by atoms with Gasteiger partial charge in [0.2, 0.25) is 0 Å². The van der Waals surface area contributed by atoms with Crippen molar-refractivity contribution in [1.29, 1.82) is 0 Å². The predicted molar refractivity (Wildman–Crippen MR) is 63.2 cm³/mol. The number of rotatable bonds is 5. The number of carboxylic acid groups (broad SMARTS) is 1. The first-order valence-corrected chi connectivity index (χ1v) is 5.31. The molecule has 17 heavy (non-hydrogen) atoms. The number of aliphatic carboxylic acids is 1. The Morgan fingerprint density at radius 1 is 1.53 bits per heavy atom. The van der Waals surface area contributed by atoms with Crippen LogP contribution in [-0.4, -0.2) is 23.3 Å². The molecule has 0 bridgehead atoms. The van der Waals surface area contributed by atoms with Crippen molar-refractivity contribution in [3.05, 3.63) is 23.3 Å². The van der Waals surface area contributed by atoms with E-state index in [0.29, 0.717) is 17.7 Å². The summed E-state index contributed by atoms with van der Waals surface area (Å²) in [5.74, 6) is -0.556. The second-order valence-corrected chi connectivity index (χ2v) is 3.89. The predicted octanol–water partition coefficient (Wildman–Crippen LogP) is 1.57. The van der Waals surface area contributed by atoms with Crippen LogP contribution in [0.1, 0.15) is 30.0 Å². The van der Waals surface area contributed by atoms with Crippen LogP contribution in [0.25, 0.3) is 0 Å². The molecule has 1 atom stereocenters. The number of hydrogen-bond acceptors (Lipinski definition) is 4. The number of aromatic hydroxyl groups is 1. The third-order valence-electron chi connectivity index (χ3n) is 2.64. The van der Waals surface area contributed by atoms with E-state index in [1.54, 1.807) is 6.07 Å². The average molecular weight is 239 g/mol. The molecule has 0 aliphatic rings. The molecule has 0 spiro atoms. The Balaban J connectivity index is 3.02. The summed E-state index contributed by atoms with van der Waals surface area (Å²) in [5, 5.41) is 18.3. The summed E-state index contributed by atoms with van der Waals surface area (Å²) in [6.45, 7) is 1.85. The first-order chi connectivity index (χ1) is 7.97. The maximum Gasteiger partial charge on any atom is 0.303 e. The molecule has 0 heterocycles. The van der Waals surface area contributed by atoms with E-state index in [1.807, 2.05) is 6.92 Å². The van der Waals surface area contributed by atoms with Gasteiger partial charge in [0.1, 0.15) is 0 Å². The van der Waals surface area contributed by atoms with Gasteiger partial charge < -0.3 is 20.7 Å². The standard InChI is InChI=1S/C12H17NO4/c1-7-3-5-9(14)12(17-2)11(7)8(13)4-6-10(15)16/h3,5,8,14H,4,6,13H2,1-2H3,(H,15,16). The summed E-state index contributed by atoms with van der Waals surface area (Å²) in [6, 6.07) is 2.79. The lowest BCUT2D eigenvalue weighted by Gasteiger charge is -2.18. The molecule has 4 N–H and O–H groups in total. The molecule has 1 aromatic rings. The van der Waals surface area contributed by atoms with E-state index in [4.69, 9.17) is 15.6 Å². The topological polar surface area (TPSA) is 92.8 Å². The number of nitrogens with two attached hydrogens (primary N) is 1. The van der Waals surface area contributed by atoms with Gasteiger partial charge in [-0.1, -0.05) is 6.07 Å². The molecule has 1 rings (SSSR count). The normalized spacial score (nSPS) is 12.2. The second kappa shape index (κ2) is 5.54. The summed E-state index contributed by atoms with van der Waals surface area (Å²) in [5.41, 5.74) is 7.47. The van der Waals surface area contributed by atoms with E-state index in [0.717, 1.165) is 5.56 Å². The minimum absolute atomic E-state index is 0.0128. The van der Waals surface area contributed by atoms with Crippen LogP contribution >= 0.6 is 0 Å². The molecule has 5 nitrogen and oxygen atoms in total. The Hall–Kier alpha value is -1.75. The Morgan fingerprint density at radius 3 is 2.71 bits per heavy atom. The fraction of sp³-hybridized carbons (Fsp3) is 0.417. The van der Waals surface area contributed by atoms with Crippen LogP contribution in [0.5, 0.6) is 11.5 Å². The SMILES string of the molecule is COc1c(O)ccc(C)c1C(N)CCC(=O)O. The first-order valence-electron chi connectivity index (χ1n) is 5.31. The summed E-state index contributed by atoms with van der Waals surface area (Å²) in [6.07, 6.45) is 0.287. The smallest absolute Gasteiger partial charge is 0.303 e. The van der Waals surface area contributed by atoms with Gasteiger partial charge in [-0.3, -0.25) is 4.79 Å². The summed E-state index contributed by atoms with van der Waals surface area (Å²) in [7, 11) is 1.45. The van der Waals surface area contributed by atoms with E-state index in [-0.39, 0.29) is 12.2 Å². The van der Waals surface area contributed by atoms with Crippen molar-refractivity contribution in [3.63, 3.8) is 0 Å². The van der Waals surface area contributed by atoms with Gasteiger partial charge in [-0.15, -0.1) is 0 Å². The maximum absolute atomic E-state index is 10.5. The number of carboxylic acids is 1. The van der Waals surface area contributed by atoms with Gasteiger partial charge in [0.25, 0.3) is 0 Å². The van der Waals surface area contributed by atoms with Crippen molar-refractivity contribution in [1.82, 2.24) is 0 Å². The zero-order chi connectivity index (χ0) is 13.0. The van der Waals surface area contributed by atoms with Crippen LogP contribution in [0.3, 0.4) is 0 Å². The van der Waals surface area contributed by atoms with Crippen molar-refractivity contribution < 1.29 is 19.7 Å². The molecule has 1 unspecified atom stereocenters. The monoisotopic (exact) mass is 239 g/mol. The zero-order valence-electron chi connectivity index (χ0n) is 9.93. The molecule has 0 amide bonds. The molecular formula is C12H17NO4. The van der Waals surface area contributed by atoms with E-state index in [1.165, 1.54) is 13.2 Å². The second-order valence-electron chi connectivity index (χ2n) is 3.89. The van der Waals surface area contributed by atoms with E-state index < -0.39 is 12.0 Å². The summed E-state index contributed by atoms with van der Waals surface area (Å²) in [4.78, 5) is 10.5. The molecule has 0 fully saturated rings. The van der Waals surface area contributed by atoms with Crippen LogP contribution < -0.4 is 10.5 Å². The summed E-state index contributed by atoms with van der Waals surface area (Å²) < 4.78 is 5.11. The fourth-order valence-corrected chi connectivity index (χ4v) is 1.79. The Bertz CT molecular complexity index is 417. The van der Waals surface area contributed by atoms with Gasteiger partial charge in [-0.2, -0.15) is 0 Å². The molecule has 94 valence electrons. The zero-order valence-corrected chi connectivity index (χ0v) is 9.93. The number of hydrogen-bond donors (Lipinski definition) is 3. The highest BCUT2D eigenvalue weighted by atomic mass is 16.5. The fourth-order valence-electron chi connectivity index (χ4n) is 1.79. The van der Waals surface area contributed by atoms with Crippen LogP contribution in [0.15, 0.2) is 12.1 Å². The van der Waals surface area contributed by atoms with Crippen molar-refractivity contribution in [3.8, 4) is 11.5 Å². The lowest BCUT2D eigenvalue weighted by molar-refractivity contribution is -0.137. The number of carbonyl (C=O) groups is 1. The number of aryl methyl sites for hydroxylation is 1. The molecule has 0 aliphatic heterocycles. The number of benzene rings is 1. The van der Waals surface area contributed by atoms with Crippen molar-refractivity contribution in [2.75, 3.05) is 7.11 Å². The molecule has 0 saturated carbocycles. The lowest BCUT2D eigenvalue weighted by Crippen LogP contribution is -2.14. The third-order valence-corrected chi connectivity index (χ3v) is 2.64. The van der Waals surface area contributed by atoms with Gasteiger partial charge in [-0.05, 0) is 25.0 Å². The van der Waals surface area contributed by atoms with Crippen molar-refractivity contribution in [2.24, 2.45) is 5.73 Å². The van der Waals surface area contributed by atoms with Crippen molar-refractivity contribution >= 4 is 5.97 Å². The van der Waals surface area contributed by atoms with Crippen LogP contribution in [0, 0.1) is 6.92 Å². The van der Waals surface area contributed by atoms with Gasteiger partial charge in [0.05, 0.1) is 7.11 Å². The summed E-state index contributed by atoms with van der Waals surface area (Å²) >= 11 is 0. The third kappa shape index (κ3) is 3.10. The molecular weight excluding hydrogens is 222 g/mol. The van der Waals surface area contributed by atoms with Gasteiger partial charge in [0, 0.05) is 18.0 Å². The number of ether oxygens (including phenoxy) is 1. The van der Waals surface area contributed by atoms with Crippen LogP contribution in [-0.2, 0) is 4.79 Å². The van der Waals surface area contributed by atoms with Gasteiger partial charge in [0.15, 0.2) is 11.5 Å². The Labute approximate surface area is 99.8 Å². The Kier molecular flexibility index (Phi) is 4.34.